The van der Waals surface area contributed by atoms with Gasteiger partial charge in [0.1, 0.15) is 0 Å². The second kappa shape index (κ2) is 7.17. The lowest BCUT2D eigenvalue weighted by Crippen LogP contribution is -2.09. The van der Waals surface area contributed by atoms with E-state index in [-0.39, 0.29) is 17.6 Å². The highest BCUT2D eigenvalue weighted by Crippen LogP contribution is 2.15. The summed E-state index contributed by atoms with van der Waals surface area (Å²) in [6, 6.07) is 5.28. The third kappa shape index (κ3) is 3.84. The molecule has 0 bridgehead atoms. The Labute approximate surface area is 112 Å². The number of Topliss-reactive ketones (excluding diaryl/α,β-unsaturated/α-hetero) is 1. The summed E-state index contributed by atoms with van der Waals surface area (Å²) in [6.45, 7) is 4.11. The number of rotatable bonds is 6. The van der Waals surface area contributed by atoms with Gasteiger partial charge >= 0.3 is 5.97 Å². The van der Waals surface area contributed by atoms with Crippen LogP contribution in [0.5, 0.6) is 0 Å². The third-order valence-electron chi connectivity index (χ3n) is 2.63. The van der Waals surface area contributed by atoms with Crippen molar-refractivity contribution in [1.82, 2.24) is 0 Å². The molecule has 1 rings (SSSR count). The van der Waals surface area contributed by atoms with Crippen molar-refractivity contribution in [3.8, 4) is 0 Å². The molecule has 4 heteroatoms. The Bertz CT molecular complexity index is 441. The number of hydrogen-bond donors (Lipinski definition) is 0. The molecule has 0 aliphatic rings. The average Bonchev–Trinajstić information content (AvgIpc) is 2.39. The molecule has 0 atom stereocenters. The molecule has 0 saturated carbocycles. The number of carbonyl (C=O) groups is 2. The van der Waals surface area contributed by atoms with Crippen molar-refractivity contribution in [3.63, 3.8) is 0 Å². The molecule has 0 fully saturated rings. The molecular formula is C14H17ClO3. The van der Waals surface area contributed by atoms with Crippen molar-refractivity contribution in [3.05, 3.63) is 34.9 Å². The van der Waals surface area contributed by atoms with Crippen LogP contribution in [0.2, 0.25) is 0 Å². The Morgan fingerprint density at radius 2 is 1.94 bits per heavy atom. The van der Waals surface area contributed by atoms with Crippen LogP contribution in [0.15, 0.2) is 18.2 Å². The lowest BCUT2D eigenvalue weighted by atomic mass is 9.98. The van der Waals surface area contributed by atoms with Crippen LogP contribution < -0.4 is 0 Å². The quantitative estimate of drug-likeness (QED) is 0.589. The molecule has 1 aromatic carbocycles. The minimum atomic E-state index is -0.331. The lowest BCUT2D eigenvalue weighted by molar-refractivity contribution is -0.116. The van der Waals surface area contributed by atoms with E-state index in [0.717, 1.165) is 17.5 Å². The molecule has 3 nitrogen and oxygen atoms in total. The van der Waals surface area contributed by atoms with Crippen molar-refractivity contribution >= 4 is 23.4 Å². The molecule has 0 aliphatic heterocycles. The highest BCUT2D eigenvalue weighted by molar-refractivity contribution is 6.27. The molecule has 0 spiro atoms. The van der Waals surface area contributed by atoms with Crippen LogP contribution in [0.1, 0.15) is 35.3 Å². The predicted molar refractivity (Wildman–Crippen MR) is 71.2 cm³/mol. The second-order valence-electron chi connectivity index (χ2n) is 3.91. The molecule has 0 unspecified atom stereocenters. The molecule has 0 aliphatic carbocycles. The zero-order valence-electron chi connectivity index (χ0n) is 10.7. The van der Waals surface area contributed by atoms with Gasteiger partial charge in [-0.05, 0) is 36.6 Å². The van der Waals surface area contributed by atoms with E-state index in [1.54, 1.807) is 25.1 Å². The molecule has 1 aromatic rings. The summed E-state index contributed by atoms with van der Waals surface area (Å²) in [5.41, 5.74) is 2.44. The Balaban J connectivity index is 2.96. The van der Waals surface area contributed by atoms with E-state index in [1.165, 1.54) is 0 Å². The maximum Gasteiger partial charge on any atom is 0.338 e. The van der Waals surface area contributed by atoms with Gasteiger partial charge in [-0.1, -0.05) is 13.0 Å². The number of alkyl halides is 1. The van der Waals surface area contributed by atoms with Gasteiger partial charge in [-0.3, -0.25) is 4.79 Å². The molecule has 0 aromatic heterocycles. The van der Waals surface area contributed by atoms with Gasteiger partial charge in [0.05, 0.1) is 18.1 Å². The van der Waals surface area contributed by atoms with Crippen LogP contribution in [0.25, 0.3) is 0 Å². The van der Waals surface area contributed by atoms with Crippen molar-refractivity contribution in [2.45, 2.75) is 26.7 Å². The maximum atomic E-state index is 11.6. The fourth-order valence-electron chi connectivity index (χ4n) is 1.73. The van der Waals surface area contributed by atoms with E-state index in [1.807, 2.05) is 6.92 Å². The summed E-state index contributed by atoms with van der Waals surface area (Å²) in [6.07, 6.45) is 1.08. The molecule has 98 valence electrons. The fraction of sp³-hybridized carbons (Fsp3) is 0.429. The number of carbonyl (C=O) groups excluding carboxylic acids is 2. The minimum absolute atomic E-state index is 0.0166. The van der Waals surface area contributed by atoms with E-state index in [4.69, 9.17) is 16.3 Å². The summed E-state index contributed by atoms with van der Waals surface area (Å²) < 4.78 is 4.94. The second-order valence-corrected chi connectivity index (χ2v) is 4.17. The van der Waals surface area contributed by atoms with Crippen molar-refractivity contribution in [1.29, 1.82) is 0 Å². The van der Waals surface area contributed by atoms with Crippen LogP contribution in [-0.4, -0.2) is 24.2 Å². The molecular weight excluding hydrogens is 252 g/mol. The smallest absolute Gasteiger partial charge is 0.338 e. The number of halogens is 1. The predicted octanol–water partition coefficient (Wildman–Crippen LogP) is 2.78. The Morgan fingerprint density at radius 3 is 2.50 bits per heavy atom. The monoisotopic (exact) mass is 268 g/mol. The largest absolute Gasteiger partial charge is 0.462 e. The molecule has 0 radical (unpaired) electrons. The highest BCUT2D eigenvalue weighted by Gasteiger charge is 2.11. The molecule has 0 N–H and O–H groups in total. The normalized spacial score (nSPS) is 10.2. The van der Waals surface area contributed by atoms with Gasteiger partial charge in [-0.25, -0.2) is 4.79 Å². The van der Waals surface area contributed by atoms with Crippen molar-refractivity contribution in [2.24, 2.45) is 0 Å². The van der Waals surface area contributed by atoms with Gasteiger partial charge < -0.3 is 4.74 Å². The van der Waals surface area contributed by atoms with Gasteiger partial charge in [-0.2, -0.15) is 0 Å². The molecule has 0 amide bonds. The number of aryl methyl sites for hydroxylation is 1. The first-order valence-electron chi connectivity index (χ1n) is 5.98. The zero-order chi connectivity index (χ0) is 13.5. The summed E-state index contributed by atoms with van der Waals surface area (Å²) >= 11 is 5.50. The summed E-state index contributed by atoms with van der Waals surface area (Å²) in [7, 11) is 0. The van der Waals surface area contributed by atoms with E-state index >= 15 is 0 Å². The number of ketones is 1. The van der Waals surface area contributed by atoms with Gasteiger partial charge in [0, 0.05) is 6.42 Å². The van der Waals surface area contributed by atoms with Gasteiger partial charge in [0.25, 0.3) is 0 Å². The van der Waals surface area contributed by atoms with Crippen LogP contribution in [0.3, 0.4) is 0 Å². The summed E-state index contributed by atoms with van der Waals surface area (Å²) in [5, 5.41) is 0. The van der Waals surface area contributed by atoms with Crippen LogP contribution in [0, 0.1) is 0 Å². The third-order valence-corrected chi connectivity index (χ3v) is 2.93. The van der Waals surface area contributed by atoms with E-state index in [9.17, 15) is 9.59 Å². The van der Waals surface area contributed by atoms with E-state index in [0.29, 0.717) is 18.6 Å². The van der Waals surface area contributed by atoms with Crippen molar-refractivity contribution < 1.29 is 14.3 Å². The number of benzene rings is 1. The number of hydrogen-bond acceptors (Lipinski definition) is 3. The van der Waals surface area contributed by atoms with Crippen LogP contribution >= 0.6 is 11.6 Å². The molecule has 18 heavy (non-hydrogen) atoms. The topological polar surface area (TPSA) is 43.4 Å². The Hall–Kier alpha value is -1.35. The first kappa shape index (κ1) is 14.7. The van der Waals surface area contributed by atoms with Crippen LogP contribution in [0.4, 0.5) is 0 Å². The Morgan fingerprint density at radius 1 is 1.22 bits per heavy atom. The summed E-state index contributed by atoms with van der Waals surface area (Å²) in [4.78, 5) is 22.9. The standard InChI is InChI=1S/C14H17ClO3/c1-3-10-7-12(14(17)18-4-2)6-5-11(10)8-13(16)9-15/h5-7H,3-4,8-9H2,1-2H3. The number of ether oxygens (including phenoxy) is 1. The highest BCUT2D eigenvalue weighted by atomic mass is 35.5. The molecule has 0 heterocycles. The fourth-order valence-corrected chi connectivity index (χ4v) is 1.82. The van der Waals surface area contributed by atoms with Crippen LogP contribution in [-0.2, 0) is 22.4 Å². The van der Waals surface area contributed by atoms with Gasteiger partial charge in [0.15, 0.2) is 5.78 Å². The van der Waals surface area contributed by atoms with E-state index < -0.39 is 0 Å². The number of esters is 1. The van der Waals surface area contributed by atoms with Gasteiger partial charge in [0.2, 0.25) is 0 Å². The Kier molecular flexibility index (Phi) is 5.86. The van der Waals surface area contributed by atoms with Gasteiger partial charge in [-0.15, -0.1) is 11.6 Å². The maximum absolute atomic E-state index is 11.6. The first-order chi connectivity index (χ1) is 8.62. The SMILES string of the molecule is CCOC(=O)c1ccc(CC(=O)CCl)c(CC)c1. The minimum Gasteiger partial charge on any atom is -0.462 e. The summed E-state index contributed by atoms with van der Waals surface area (Å²) in [5.74, 6) is -0.333. The average molecular weight is 269 g/mol. The van der Waals surface area contributed by atoms with Crippen molar-refractivity contribution in [2.75, 3.05) is 12.5 Å². The lowest BCUT2D eigenvalue weighted by Gasteiger charge is -2.09. The first-order valence-corrected chi connectivity index (χ1v) is 6.52. The van der Waals surface area contributed by atoms with E-state index in [2.05, 4.69) is 0 Å². The molecule has 0 saturated heterocycles. The zero-order valence-corrected chi connectivity index (χ0v) is 11.4.